The molecule has 1 atom stereocenters. The van der Waals surface area contributed by atoms with Crippen LogP contribution in [0.25, 0.3) is 0 Å². The van der Waals surface area contributed by atoms with Gasteiger partial charge in [-0.3, -0.25) is 9.59 Å². The lowest BCUT2D eigenvalue weighted by Crippen LogP contribution is -2.36. The van der Waals surface area contributed by atoms with Crippen molar-refractivity contribution in [2.45, 2.75) is 47.0 Å². The van der Waals surface area contributed by atoms with Crippen molar-refractivity contribution >= 4 is 12.8 Å². The largest absolute Gasteiger partial charge is 0.322 e. The van der Waals surface area contributed by atoms with Crippen LogP contribution < -0.4 is 0 Å². The lowest BCUT2D eigenvalue weighted by atomic mass is 9.70. The number of nitrogens with zero attached hydrogens (tertiary/aromatic N) is 2. The van der Waals surface area contributed by atoms with Crippen LogP contribution in [0.2, 0.25) is 0 Å². The average Bonchev–Trinajstić information content (AvgIpc) is 2.45. The van der Waals surface area contributed by atoms with Gasteiger partial charge in [0.1, 0.15) is 0 Å². The van der Waals surface area contributed by atoms with E-state index in [-0.39, 0.29) is 10.8 Å². The second-order valence-corrected chi connectivity index (χ2v) is 6.74. The van der Waals surface area contributed by atoms with Crippen LogP contribution >= 0.6 is 0 Å². The molecule has 0 saturated carbocycles. The summed E-state index contributed by atoms with van der Waals surface area (Å²) in [6.45, 7) is 17.4. The summed E-state index contributed by atoms with van der Waals surface area (Å²) < 4.78 is 0. The van der Waals surface area contributed by atoms with Crippen molar-refractivity contribution in [3.8, 4) is 0 Å². The van der Waals surface area contributed by atoms with E-state index in [1.807, 2.05) is 0 Å². The number of carbonyl (C=O) groups excluding carboxylic acids is 2. The highest BCUT2D eigenvalue weighted by Crippen LogP contribution is 2.39. The monoisotopic (exact) mass is 294 g/mol. The molecule has 0 aromatic rings. The number of rotatable bonds is 12. The van der Waals surface area contributed by atoms with Crippen molar-refractivity contribution in [2.24, 2.45) is 10.8 Å². The second-order valence-electron chi connectivity index (χ2n) is 6.74. The van der Waals surface area contributed by atoms with Gasteiger partial charge in [-0.1, -0.05) is 40.9 Å². The molecular formula is C17H30N2O2. The Hall–Kier alpha value is -1.58. The zero-order chi connectivity index (χ0) is 16.5. The average molecular weight is 294 g/mol. The summed E-state index contributed by atoms with van der Waals surface area (Å²) in [6.07, 6.45) is 7.58. The van der Waals surface area contributed by atoms with Crippen LogP contribution in [0.1, 0.15) is 47.0 Å². The van der Waals surface area contributed by atoms with Gasteiger partial charge < -0.3 is 9.80 Å². The molecule has 0 aromatic carbocycles. The zero-order valence-electron chi connectivity index (χ0n) is 14.0. The fraction of sp³-hybridized carbons (Fsp3) is 0.647. The summed E-state index contributed by atoms with van der Waals surface area (Å²) in [4.78, 5) is 25.0. The van der Waals surface area contributed by atoms with E-state index in [0.29, 0.717) is 13.1 Å². The highest BCUT2D eigenvalue weighted by Gasteiger charge is 2.32. The molecule has 0 bridgehead atoms. The van der Waals surface area contributed by atoms with Crippen LogP contribution in [-0.2, 0) is 9.59 Å². The molecule has 4 heteroatoms. The molecule has 0 rings (SSSR count). The highest BCUT2D eigenvalue weighted by molar-refractivity contribution is 5.49. The van der Waals surface area contributed by atoms with Crippen molar-refractivity contribution in [1.29, 1.82) is 0 Å². The molecule has 0 spiro atoms. The lowest BCUT2D eigenvalue weighted by molar-refractivity contribution is -0.118. The first-order valence-electron chi connectivity index (χ1n) is 7.43. The Labute approximate surface area is 129 Å². The molecule has 120 valence electrons. The van der Waals surface area contributed by atoms with Crippen LogP contribution in [0, 0.1) is 10.8 Å². The van der Waals surface area contributed by atoms with Gasteiger partial charge in [-0.15, -0.1) is 0 Å². The smallest absolute Gasteiger partial charge is 0.213 e. The third-order valence-electron chi connectivity index (χ3n) is 4.11. The van der Waals surface area contributed by atoms with Crippen LogP contribution in [0.4, 0.5) is 0 Å². The maximum Gasteiger partial charge on any atom is 0.213 e. The predicted octanol–water partition coefficient (Wildman–Crippen LogP) is 3.41. The number of carbonyl (C=O) groups is 2. The minimum Gasteiger partial charge on any atom is -0.322 e. The molecule has 0 aromatic heterocycles. The molecular weight excluding hydrogens is 264 g/mol. The second kappa shape index (κ2) is 8.65. The van der Waals surface area contributed by atoms with Crippen LogP contribution in [0.5, 0.6) is 0 Å². The fourth-order valence-corrected chi connectivity index (χ4v) is 2.74. The molecule has 0 aliphatic heterocycles. The van der Waals surface area contributed by atoms with Crippen molar-refractivity contribution in [3.63, 3.8) is 0 Å². The molecule has 21 heavy (non-hydrogen) atoms. The number of hydrogen-bond donors (Lipinski definition) is 0. The Morgan fingerprint density at radius 2 is 1.52 bits per heavy atom. The molecule has 0 saturated heterocycles. The zero-order valence-corrected chi connectivity index (χ0v) is 14.0. The fourth-order valence-electron chi connectivity index (χ4n) is 2.74. The Kier molecular flexibility index (Phi) is 8.00. The van der Waals surface area contributed by atoms with E-state index in [9.17, 15) is 9.59 Å². The Morgan fingerprint density at radius 3 is 1.90 bits per heavy atom. The summed E-state index contributed by atoms with van der Waals surface area (Å²) in [5.74, 6) is 0. The van der Waals surface area contributed by atoms with E-state index in [1.165, 1.54) is 0 Å². The number of hydrogen-bond acceptors (Lipinski definition) is 2. The summed E-state index contributed by atoms with van der Waals surface area (Å²) in [5, 5.41) is 0. The predicted molar refractivity (Wildman–Crippen MR) is 87.3 cm³/mol. The van der Waals surface area contributed by atoms with E-state index in [0.717, 1.165) is 32.1 Å². The SMILES string of the molecule is C=CN(C=O)CCC(C)(C)CC(C)(CC)CN(C=C)C=O. The van der Waals surface area contributed by atoms with Crippen LogP contribution in [0.3, 0.4) is 0 Å². The minimum atomic E-state index is 0.0266. The summed E-state index contributed by atoms with van der Waals surface area (Å²) in [7, 11) is 0. The van der Waals surface area contributed by atoms with Crippen LogP contribution in [0.15, 0.2) is 25.6 Å². The maximum absolute atomic E-state index is 11.0. The van der Waals surface area contributed by atoms with Crippen molar-refractivity contribution < 1.29 is 9.59 Å². The quantitative estimate of drug-likeness (QED) is 0.518. The van der Waals surface area contributed by atoms with E-state index in [2.05, 4.69) is 40.9 Å². The first-order valence-corrected chi connectivity index (χ1v) is 7.43. The molecule has 0 heterocycles. The van der Waals surface area contributed by atoms with Gasteiger partial charge in [0.15, 0.2) is 0 Å². The van der Waals surface area contributed by atoms with Crippen LogP contribution in [-0.4, -0.2) is 35.7 Å². The molecule has 0 aliphatic rings. The molecule has 4 nitrogen and oxygen atoms in total. The van der Waals surface area contributed by atoms with Gasteiger partial charge in [-0.25, -0.2) is 0 Å². The van der Waals surface area contributed by atoms with E-state index >= 15 is 0 Å². The van der Waals surface area contributed by atoms with E-state index in [1.54, 1.807) is 22.2 Å². The summed E-state index contributed by atoms with van der Waals surface area (Å²) in [6, 6.07) is 0. The van der Waals surface area contributed by atoms with Gasteiger partial charge in [0, 0.05) is 13.1 Å². The van der Waals surface area contributed by atoms with E-state index < -0.39 is 0 Å². The lowest BCUT2D eigenvalue weighted by Gasteiger charge is -2.39. The molecule has 0 fully saturated rings. The Balaban J connectivity index is 4.75. The van der Waals surface area contributed by atoms with Gasteiger partial charge in [-0.05, 0) is 42.5 Å². The normalized spacial score (nSPS) is 13.9. The van der Waals surface area contributed by atoms with E-state index in [4.69, 9.17) is 0 Å². The number of amides is 2. The van der Waals surface area contributed by atoms with Crippen molar-refractivity contribution in [2.75, 3.05) is 13.1 Å². The Bertz CT molecular complexity index is 350. The minimum absolute atomic E-state index is 0.0266. The standard InChI is InChI=1S/C17H30N2O2/c1-7-17(6,13-19(9-3)15-21)12-16(4,5)10-11-18(8-2)14-20/h8-9,14-15H,2-3,7,10-13H2,1,4-6H3. The molecule has 0 aliphatic carbocycles. The van der Waals surface area contributed by atoms with Crippen molar-refractivity contribution in [1.82, 2.24) is 9.80 Å². The molecule has 0 radical (unpaired) electrons. The first-order chi connectivity index (χ1) is 9.75. The van der Waals surface area contributed by atoms with Crippen molar-refractivity contribution in [3.05, 3.63) is 25.6 Å². The highest BCUT2D eigenvalue weighted by atomic mass is 16.1. The van der Waals surface area contributed by atoms with Gasteiger partial charge in [0.25, 0.3) is 0 Å². The summed E-state index contributed by atoms with van der Waals surface area (Å²) >= 11 is 0. The Morgan fingerprint density at radius 1 is 1.00 bits per heavy atom. The van der Waals surface area contributed by atoms with Gasteiger partial charge >= 0.3 is 0 Å². The van der Waals surface area contributed by atoms with Gasteiger partial charge in [0.05, 0.1) is 0 Å². The molecule has 2 amide bonds. The molecule has 1 unspecified atom stereocenters. The van der Waals surface area contributed by atoms with Gasteiger partial charge in [0.2, 0.25) is 12.8 Å². The summed E-state index contributed by atoms with van der Waals surface area (Å²) in [5.41, 5.74) is 0.101. The molecule has 0 N–H and O–H groups in total. The topological polar surface area (TPSA) is 40.6 Å². The first kappa shape index (κ1) is 19.4. The third-order valence-corrected chi connectivity index (χ3v) is 4.11. The maximum atomic E-state index is 11.0. The third kappa shape index (κ3) is 7.11. The van der Waals surface area contributed by atoms with Gasteiger partial charge in [-0.2, -0.15) is 0 Å².